The third-order valence-electron chi connectivity index (χ3n) is 8.03. The molecule has 3 aliphatic heterocycles. The number of anilines is 3. The number of hydrogen-bond acceptors (Lipinski definition) is 6. The SMILES string of the molecule is Cc1noc(/C=C/c2ccccc2)c1N1C(C2C(=O)Nc3ccc(Cl)cc32)C(=O)CC12C(=O)Nc1ccc(Cl)cc12. The monoisotopic (exact) mass is 584 g/mol. The van der Waals surface area contributed by atoms with Gasteiger partial charge in [-0.05, 0) is 60.5 Å². The zero-order chi connectivity index (χ0) is 28.5. The number of aromatic nitrogens is 1. The lowest BCUT2D eigenvalue weighted by Gasteiger charge is -2.39. The number of halogens is 2. The summed E-state index contributed by atoms with van der Waals surface area (Å²) < 4.78 is 5.77. The number of Topliss-reactive ketones (excluding diaryl/α,β-unsaturated/α-hetero) is 1. The highest BCUT2D eigenvalue weighted by molar-refractivity contribution is 6.31. The largest absolute Gasteiger partial charge is 0.354 e. The fraction of sp³-hybridized carbons (Fsp3) is 0.161. The quantitative estimate of drug-likeness (QED) is 0.296. The van der Waals surface area contributed by atoms with Crippen LogP contribution in [0.2, 0.25) is 10.0 Å². The number of rotatable bonds is 4. The molecular weight excluding hydrogens is 563 g/mol. The minimum atomic E-state index is -1.49. The van der Waals surface area contributed by atoms with Gasteiger partial charge in [-0.15, -0.1) is 0 Å². The predicted octanol–water partition coefficient (Wildman–Crippen LogP) is 6.19. The van der Waals surface area contributed by atoms with Gasteiger partial charge in [-0.1, -0.05) is 64.8 Å². The summed E-state index contributed by atoms with van der Waals surface area (Å²) in [5.74, 6) is -1.62. The van der Waals surface area contributed by atoms with Gasteiger partial charge >= 0.3 is 0 Å². The number of carbonyl (C=O) groups excluding carboxylic acids is 3. The van der Waals surface area contributed by atoms with Gasteiger partial charge in [0.1, 0.15) is 17.4 Å². The highest BCUT2D eigenvalue weighted by Gasteiger charge is 2.64. The lowest BCUT2D eigenvalue weighted by atomic mass is 9.87. The van der Waals surface area contributed by atoms with Gasteiger partial charge in [0, 0.05) is 33.4 Å². The first-order chi connectivity index (χ1) is 19.8. The maximum Gasteiger partial charge on any atom is 0.255 e. The van der Waals surface area contributed by atoms with Gasteiger partial charge in [-0.3, -0.25) is 14.4 Å². The number of fused-ring (bicyclic) bond motifs is 3. The molecule has 10 heteroatoms. The molecule has 8 nitrogen and oxygen atoms in total. The lowest BCUT2D eigenvalue weighted by Crippen LogP contribution is -2.53. The number of aryl methyl sites for hydroxylation is 1. The first kappa shape index (κ1) is 25.6. The minimum absolute atomic E-state index is 0.178. The molecule has 0 radical (unpaired) electrons. The highest BCUT2D eigenvalue weighted by Crippen LogP contribution is 2.55. The van der Waals surface area contributed by atoms with E-state index in [-0.39, 0.29) is 18.1 Å². The second-order valence-corrected chi connectivity index (χ2v) is 11.3. The van der Waals surface area contributed by atoms with Crippen LogP contribution in [0.15, 0.2) is 71.3 Å². The van der Waals surface area contributed by atoms with Crippen LogP contribution in [0.1, 0.15) is 40.5 Å². The van der Waals surface area contributed by atoms with Crippen LogP contribution in [0.4, 0.5) is 17.1 Å². The van der Waals surface area contributed by atoms with Gasteiger partial charge in [0.15, 0.2) is 17.1 Å². The third kappa shape index (κ3) is 3.82. The molecule has 3 atom stereocenters. The van der Waals surface area contributed by atoms with Gasteiger partial charge in [-0.25, -0.2) is 0 Å². The van der Waals surface area contributed by atoms with E-state index in [1.807, 2.05) is 36.4 Å². The van der Waals surface area contributed by atoms with E-state index in [0.717, 1.165) is 5.56 Å². The molecule has 2 N–H and O–H groups in total. The van der Waals surface area contributed by atoms with Crippen molar-refractivity contribution in [2.24, 2.45) is 0 Å². The number of carbonyl (C=O) groups is 3. The van der Waals surface area contributed by atoms with Gasteiger partial charge in [0.25, 0.3) is 5.91 Å². The maximum absolute atomic E-state index is 14.2. The fourth-order valence-electron chi connectivity index (χ4n) is 6.31. The van der Waals surface area contributed by atoms with E-state index in [2.05, 4.69) is 15.8 Å². The molecule has 3 unspecified atom stereocenters. The van der Waals surface area contributed by atoms with Crippen molar-refractivity contribution in [2.75, 3.05) is 15.5 Å². The van der Waals surface area contributed by atoms with E-state index in [1.165, 1.54) is 0 Å². The summed E-state index contributed by atoms with van der Waals surface area (Å²) in [5, 5.41) is 10.9. The molecule has 3 aliphatic rings. The van der Waals surface area contributed by atoms with Crippen molar-refractivity contribution in [3.63, 3.8) is 0 Å². The van der Waals surface area contributed by atoms with Crippen molar-refractivity contribution in [2.45, 2.75) is 30.8 Å². The molecule has 1 spiro atoms. The summed E-state index contributed by atoms with van der Waals surface area (Å²) in [6.07, 6.45) is 3.44. The first-order valence-electron chi connectivity index (χ1n) is 13.0. The Hall–Kier alpha value is -4.40. The van der Waals surface area contributed by atoms with Crippen molar-refractivity contribution < 1.29 is 18.9 Å². The third-order valence-corrected chi connectivity index (χ3v) is 8.50. The standard InChI is InChI=1S/C31H22Cl2N4O4/c1-16-27(25(41-36-16)12-7-17-5-3-2-4-6-17)37-28(26-20-13-18(32)8-10-22(20)34-29(26)39)24(38)15-31(37)21-14-19(33)9-11-23(21)35-30(31)40/h2-14,26,28H,15H2,1H3,(H,34,39)(H,35,40)/b12-7+. The van der Waals surface area contributed by atoms with Crippen LogP contribution in [-0.4, -0.2) is 28.8 Å². The molecule has 7 rings (SSSR count). The topological polar surface area (TPSA) is 105 Å². The Labute approximate surface area is 244 Å². The van der Waals surface area contributed by atoms with Crippen molar-refractivity contribution in [3.8, 4) is 0 Å². The Morgan fingerprint density at radius 2 is 1.68 bits per heavy atom. The Morgan fingerprint density at radius 3 is 2.46 bits per heavy atom. The molecule has 1 fully saturated rings. The van der Waals surface area contributed by atoms with E-state index >= 15 is 0 Å². The smallest absolute Gasteiger partial charge is 0.255 e. The normalized spacial score (nSPS) is 22.9. The van der Waals surface area contributed by atoms with E-state index in [9.17, 15) is 14.4 Å². The second-order valence-electron chi connectivity index (χ2n) is 10.4. The van der Waals surface area contributed by atoms with E-state index in [1.54, 1.807) is 54.3 Å². The summed E-state index contributed by atoms with van der Waals surface area (Å²) in [6, 6.07) is 18.7. The molecule has 2 amide bonds. The van der Waals surface area contributed by atoms with Gasteiger partial charge < -0.3 is 20.1 Å². The predicted molar refractivity (Wildman–Crippen MR) is 157 cm³/mol. The number of nitrogens with one attached hydrogen (secondary N) is 2. The highest BCUT2D eigenvalue weighted by atomic mass is 35.5. The summed E-state index contributed by atoms with van der Waals surface area (Å²) in [4.78, 5) is 43.5. The average Bonchev–Trinajstić information content (AvgIpc) is 3.64. The van der Waals surface area contributed by atoms with Crippen molar-refractivity contribution in [3.05, 3.63) is 105 Å². The fourth-order valence-corrected chi connectivity index (χ4v) is 6.66. The van der Waals surface area contributed by atoms with E-state index in [0.29, 0.717) is 49.7 Å². The van der Waals surface area contributed by atoms with Gasteiger partial charge in [-0.2, -0.15) is 0 Å². The van der Waals surface area contributed by atoms with Crippen LogP contribution in [0.25, 0.3) is 12.2 Å². The second kappa shape index (κ2) is 9.33. The molecule has 204 valence electrons. The molecule has 1 aromatic heterocycles. The zero-order valence-electron chi connectivity index (χ0n) is 21.7. The Morgan fingerprint density at radius 1 is 0.951 bits per heavy atom. The summed E-state index contributed by atoms with van der Waals surface area (Å²) in [6.45, 7) is 1.75. The van der Waals surface area contributed by atoms with Gasteiger partial charge in [0.05, 0.1) is 5.92 Å². The molecule has 41 heavy (non-hydrogen) atoms. The van der Waals surface area contributed by atoms with Gasteiger partial charge in [0.2, 0.25) is 5.91 Å². The van der Waals surface area contributed by atoms with Crippen LogP contribution in [0.5, 0.6) is 0 Å². The molecule has 0 bridgehead atoms. The zero-order valence-corrected chi connectivity index (χ0v) is 23.2. The Balaban J connectivity index is 1.47. The number of nitrogens with zero attached hydrogens (tertiary/aromatic N) is 2. The first-order valence-corrected chi connectivity index (χ1v) is 13.8. The Bertz CT molecular complexity index is 1800. The minimum Gasteiger partial charge on any atom is -0.354 e. The van der Waals surface area contributed by atoms with Crippen molar-refractivity contribution in [1.82, 2.24) is 5.16 Å². The van der Waals surface area contributed by atoms with Crippen molar-refractivity contribution >= 4 is 70.0 Å². The molecule has 0 aliphatic carbocycles. The lowest BCUT2D eigenvalue weighted by molar-refractivity contribution is -0.124. The molecule has 4 heterocycles. The number of amides is 2. The van der Waals surface area contributed by atoms with Crippen LogP contribution >= 0.6 is 23.2 Å². The molecule has 3 aromatic carbocycles. The van der Waals surface area contributed by atoms with E-state index < -0.39 is 23.4 Å². The Kier molecular flexibility index (Phi) is 5.81. The summed E-state index contributed by atoms with van der Waals surface area (Å²) in [5.41, 5.74) is 2.60. The number of ketones is 1. The summed E-state index contributed by atoms with van der Waals surface area (Å²) >= 11 is 12.8. The van der Waals surface area contributed by atoms with Crippen LogP contribution in [0, 0.1) is 6.92 Å². The maximum atomic E-state index is 14.2. The number of hydrogen-bond donors (Lipinski definition) is 2. The van der Waals surface area contributed by atoms with Crippen LogP contribution in [-0.2, 0) is 19.9 Å². The van der Waals surface area contributed by atoms with Crippen LogP contribution < -0.4 is 15.5 Å². The van der Waals surface area contributed by atoms with E-state index in [4.69, 9.17) is 27.7 Å². The molecular formula is C31H22Cl2N4O4. The number of benzene rings is 3. The molecule has 4 aromatic rings. The molecule has 1 saturated heterocycles. The molecule has 0 saturated carbocycles. The van der Waals surface area contributed by atoms with Crippen LogP contribution in [0.3, 0.4) is 0 Å². The van der Waals surface area contributed by atoms with Crippen molar-refractivity contribution in [1.29, 1.82) is 0 Å². The summed E-state index contributed by atoms with van der Waals surface area (Å²) in [7, 11) is 0. The average molecular weight is 585 g/mol.